The van der Waals surface area contributed by atoms with Crippen LogP contribution in [-0.4, -0.2) is 0 Å². The lowest BCUT2D eigenvalue weighted by Crippen LogP contribution is -1.84. The molecule has 0 saturated heterocycles. The van der Waals surface area contributed by atoms with Gasteiger partial charge in [-0.25, -0.2) is 0 Å². The van der Waals surface area contributed by atoms with Crippen LogP contribution in [-0.2, 0) is 0 Å². The van der Waals surface area contributed by atoms with Crippen molar-refractivity contribution in [3.63, 3.8) is 0 Å². The summed E-state index contributed by atoms with van der Waals surface area (Å²) in [5.41, 5.74) is 5.36. The molecule has 0 fully saturated rings. The lowest BCUT2D eigenvalue weighted by molar-refractivity contribution is 1.02. The van der Waals surface area contributed by atoms with Gasteiger partial charge in [0, 0.05) is 0 Å². The van der Waals surface area contributed by atoms with Gasteiger partial charge < -0.3 is 0 Å². The molecule has 0 N–H and O–H groups in total. The van der Waals surface area contributed by atoms with Gasteiger partial charge in [-0.3, -0.25) is 0 Å². The second kappa shape index (κ2) is 6.90. The number of hydrogen-bond donors (Lipinski definition) is 0. The van der Waals surface area contributed by atoms with Gasteiger partial charge in [0.05, 0.1) is 0 Å². The van der Waals surface area contributed by atoms with E-state index in [1.807, 2.05) is 6.07 Å². The van der Waals surface area contributed by atoms with Crippen molar-refractivity contribution < 1.29 is 0 Å². The van der Waals surface area contributed by atoms with Gasteiger partial charge >= 0.3 is 0 Å². The van der Waals surface area contributed by atoms with E-state index >= 15 is 0 Å². The van der Waals surface area contributed by atoms with E-state index in [1.165, 1.54) is 22.3 Å². The Hall–Kier alpha value is -1.56. The lowest BCUT2D eigenvalue weighted by atomic mass is 10.0. The molecule has 0 unspecified atom stereocenters. The molecule has 0 radical (unpaired) electrons. The summed E-state index contributed by atoms with van der Waals surface area (Å²) in [5.74, 6) is 0. The summed E-state index contributed by atoms with van der Waals surface area (Å²) in [6.45, 7) is 10.6. The van der Waals surface area contributed by atoms with E-state index in [-0.39, 0.29) is 0 Å². The molecule has 0 heterocycles. The molecule has 0 aromatic heterocycles. The molecule has 1 aromatic rings. The Morgan fingerprint density at radius 3 is 2.35 bits per heavy atom. The molecule has 0 aliphatic rings. The summed E-state index contributed by atoms with van der Waals surface area (Å²) in [6.07, 6.45) is 6.32. The zero-order valence-electron chi connectivity index (χ0n) is 11.2. The van der Waals surface area contributed by atoms with Crippen LogP contribution >= 0.6 is 0 Å². The molecule has 0 spiro atoms. The average molecular weight is 226 g/mol. The van der Waals surface area contributed by atoms with Gasteiger partial charge in [-0.2, -0.15) is 0 Å². The van der Waals surface area contributed by atoms with Crippen LogP contribution in [0.3, 0.4) is 0 Å². The topological polar surface area (TPSA) is 0 Å². The summed E-state index contributed by atoms with van der Waals surface area (Å²) >= 11 is 0. The van der Waals surface area contributed by atoms with E-state index in [1.54, 1.807) is 0 Å². The summed E-state index contributed by atoms with van der Waals surface area (Å²) < 4.78 is 0. The number of allylic oxidation sites excluding steroid dienone is 4. The first kappa shape index (κ1) is 13.5. The highest BCUT2D eigenvalue weighted by Gasteiger charge is 1.96. The van der Waals surface area contributed by atoms with Gasteiger partial charge in [-0.05, 0) is 39.2 Å². The Labute approximate surface area is 105 Å². The van der Waals surface area contributed by atoms with Crippen molar-refractivity contribution in [3.8, 4) is 0 Å². The maximum atomic E-state index is 4.12. The monoisotopic (exact) mass is 226 g/mol. The van der Waals surface area contributed by atoms with Crippen LogP contribution in [0.2, 0.25) is 0 Å². The fourth-order valence-electron chi connectivity index (χ4n) is 1.55. The molecule has 1 rings (SSSR count). The second-order valence-electron chi connectivity index (χ2n) is 4.72. The highest BCUT2D eigenvalue weighted by Crippen LogP contribution is 2.16. The van der Waals surface area contributed by atoms with E-state index in [4.69, 9.17) is 0 Å². The highest BCUT2D eigenvalue weighted by molar-refractivity contribution is 5.49. The fraction of sp³-hybridized carbons (Fsp3) is 0.294. The Balaban J connectivity index is 2.44. The normalized spacial score (nSPS) is 10.5. The summed E-state index contributed by atoms with van der Waals surface area (Å²) in [7, 11) is 0. The van der Waals surface area contributed by atoms with E-state index in [0.29, 0.717) is 0 Å². The molecule has 0 aliphatic heterocycles. The first-order chi connectivity index (χ1) is 8.09. The van der Waals surface area contributed by atoms with E-state index in [0.717, 1.165) is 12.8 Å². The quantitative estimate of drug-likeness (QED) is 0.590. The van der Waals surface area contributed by atoms with Crippen molar-refractivity contribution in [1.82, 2.24) is 0 Å². The summed E-state index contributed by atoms with van der Waals surface area (Å²) in [6, 6.07) is 10.4. The largest absolute Gasteiger partial charge is 0.0992 e. The van der Waals surface area contributed by atoms with Gasteiger partial charge in [0.1, 0.15) is 0 Å². The van der Waals surface area contributed by atoms with E-state index in [2.05, 4.69) is 63.8 Å². The van der Waals surface area contributed by atoms with Crippen LogP contribution in [0.5, 0.6) is 0 Å². The van der Waals surface area contributed by atoms with Gasteiger partial charge in [-0.1, -0.05) is 65.8 Å². The zero-order chi connectivity index (χ0) is 12.7. The van der Waals surface area contributed by atoms with Crippen molar-refractivity contribution in [2.45, 2.75) is 33.6 Å². The van der Waals surface area contributed by atoms with Crippen LogP contribution in [0.1, 0.15) is 39.2 Å². The summed E-state index contributed by atoms with van der Waals surface area (Å²) in [4.78, 5) is 0. The third-order valence-electron chi connectivity index (χ3n) is 2.89. The third-order valence-corrected chi connectivity index (χ3v) is 2.89. The maximum absolute atomic E-state index is 4.12. The Morgan fingerprint density at radius 1 is 1.12 bits per heavy atom. The number of hydrogen-bond acceptors (Lipinski definition) is 0. The standard InChI is InChI=1S/C17H22/c1-14(2)16(4)13-15(3)9-8-12-17-10-6-5-7-11-17/h5-8,10-12H,3,9,13H2,1-2,4H3. The van der Waals surface area contributed by atoms with Crippen molar-refractivity contribution in [2.75, 3.05) is 0 Å². The molecule has 0 nitrogen and oxygen atoms in total. The Morgan fingerprint density at radius 2 is 1.76 bits per heavy atom. The minimum atomic E-state index is 0.958. The van der Waals surface area contributed by atoms with Crippen molar-refractivity contribution in [3.05, 3.63) is 65.3 Å². The molecular weight excluding hydrogens is 204 g/mol. The third kappa shape index (κ3) is 5.35. The molecule has 0 saturated carbocycles. The Kier molecular flexibility index (Phi) is 5.48. The van der Waals surface area contributed by atoms with Crippen LogP contribution in [0.15, 0.2) is 59.7 Å². The van der Waals surface area contributed by atoms with Crippen LogP contribution in [0.4, 0.5) is 0 Å². The molecule has 0 amide bonds. The van der Waals surface area contributed by atoms with Crippen LogP contribution in [0.25, 0.3) is 6.08 Å². The maximum Gasteiger partial charge on any atom is -0.0108 e. The SMILES string of the molecule is C=C(CC=Cc1ccccc1)CC(C)=C(C)C. The van der Waals surface area contributed by atoms with Gasteiger partial charge in [0.25, 0.3) is 0 Å². The summed E-state index contributed by atoms with van der Waals surface area (Å²) in [5, 5.41) is 0. The first-order valence-electron chi connectivity index (χ1n) is 6.11. The molecule has 1 aromatic carbocycles. The molecule has 0 heteroatoms. The zero-order valence-corrected chi connectivity index (χ0v) is 11.2. The van der Waals surface area contributed by atoms with Crippen LogP contribution < -0.4 is 0 Å². The van der Waals surface area contributed by atoms with Gasteiger partial charge in [0.15, 0.2) is 0 Å². The average Bonchev–Trinajstić information content (AvgIpc) is 2.30. The predicted molar refractivity (Wildman–Crippen MR) is 77.9 cm³/mol. The minimum absolute atomic E-state index is 0.958. The molecule has 0 bridgehead atoms. The molecule has 0 aliphatic carbocycles. The Bertz CT molecular complexity index is 415. The first-order valence-corrected chi connectivity index (χ1v) is 6.11. The second-order valence-corrected chi connectivity index (χ2v) is 4.72. The van der Waals surface area contributed by atoms with Crippen LogP contribution in [0, 0.1) is 0 Å². The lowest BCUT2D eigenvalue weighted by Gasteiger charge is -2.05. The minimum Gasteiger partial charge on any atom is -0.0992 e. The van der Waals surface area contributed by atoms with Crippen molar-refractivity contribution in [1.29, 1.82) is 0 Å². The highest BCUT2D eigenvalue weighted by atomic mass is 14.0. The molecular formula is C17H22. The fourth-order valence-corrected chi connectivity index (χ4v) is 1.55. The van der Waals surface area contributed by atoms with E-state index in [9.17, 15) is 0 Å². The molecule has 90 valence electrons. The van der Waals surface area contributed by atoms with Gasteiger partial charge in [-0.15, -0.1) is 0 Å². The van der Waals surface area contributed by atoms with Crippen molar-refractivity contribution in [2.24, 2.45) is 0 Å². The van der Waals surface area contributed by atoms with Crippen molar-refractivity contribution >= 4 is 6.08 Å². The van der Waals surface area contributed by atoms with Gasteiger partial charge in [0.2, 0.25) is 0 Å². The van der Waals surface area contributed by atoms with E-state index < -0.39 is 0 Å². The number of rotatable bonds is 5. The smallest absolute Gasteiger partial charge is 0.0108 e. The molecule has 17 heavy (non-hydrogen) atoms. The molecule has 0 atom stereocenters. The predicted octanol–water partition coefficient (Wildman–Crippen LogP) is 5.39. The number of benzene rings is 1.